The topological polar surface area (TPSA) is 67.3 Å². The van der Waals surface area contributed by atoms with E-state index in [-0.39, 0.29) is 5.75 Å². The third kappa shape index (κ3) is 4.76. The van der Waals surface area contributed by atoms with Crippen molar-refractivity contribution in [3.05, 3.63) is 41.7 Å². The summed E-state index contributed by atoms with van der Waals surface area (Å²) in [5, 5.41) is 0. The molecule has 1 heterocycles. The minimum Gasteiger partial charge on any atom is -0.286 e. The van der Waals surface area contributed by atoms with Crippen molar-refractivity contribution in [2.45, 2.75) is 38.0 Å². The summed E-state index contributed by atoms with van der Waals surface area (Å²) < 4.78 is 30.0. The Bertz CT molecular complexity index is 552. The van der Waals surface area contributed by atoms with Gasteiger partial charge in [0.05, 0.1) is 5.75 Å². The van der Waals surface area contributed by atoms with Crippen LogP contribution in [-0.2, 0) is 16.5 Å². The third-order valence-corrected chi connectivity index (χ3v) is 4.22. The highest BCUT2D eigenvalue weighted by atomic mass is 32.2. The second-order valence-corrected chi connectivity index (χ2v) is 6.52. The molecule has 0 amide bonds. The van der Waals surface area contributed by atoms with Crippen LogP contribution in [0.1, 0.15) is 42.9 Å². The van der Waals surface area contributed by atoms with E-state index in [0.29, 0.717) is 18.8 Å². The van der Waals surface area contributed by atoms with Crippen molar-refractivity contribution in [3.8, 4) is 0 Å². The molecule has 1 unspecified atom stereocenters. The number of aromatic nitrogens is 1. The van der Waals surface area contributed by atoms with E-state index in [4.69, 9.17) is 4.55 Å². The molecule has 2 rings (SSSR count). The fraction of sp³-hybridized carbons (Fsp3) is 0.500. The summed E-state index contributed by atoms with van der Waals surface area (Å²) in [4.78, 5) is 4.26. The van der Waals surface area contributed by atoms with E-state index in [1.54, 1.807) is 6.20 Å². The van der Waals surface area contributed by atoms with Gasteiger partial charge >= 0.3 is 0 Å². The summed E-state index contributed by atoms with van der Waals surface area (Å²) in [5.74, 6) is 0.346. The lowest BCUT2D eigenvalue weighted by atomic mass is 9.88. The van der Waals surface area contributed by atoms with Gasteiger partial charge in [0.15, 0.2) is 0 Å². The molecule has 1 N–H and O–H groups in total. The van der Waals surface area contributed by atoms with Gasteiger partial charge in [-0.15, -0.1) is 0 Å². The van der Waals surface area contributed by atoms with E-state index in [0.717, 1.165) is 25.0 Å². The standard InChI is InChI=1S/C14H19NO3S/c16-19(17,18)10-4-7-14-11-13(8-9-15-14)12-5-2-1-3-6-12/h1-2,8-9,11-12H,3-7,10H2,(H,16,17,18). The zero-order valence-corrected chi connectivity index (χ0v) is 11.6. The molecule has 0 saturated heterocycles. The van der Waals surface area contributed by atoms with Crippen molar-refractivity contribution in [1.82, 2.24) is 4.98 Å². The molecular weight excluding hydrogens is 262 g/mol. The highest BCUT2D eigenvalue weighted by Gasteiger charge is 2.13. The summed E-state index contributed by atoms with van der Waals surface area (Å²) in [6, 6.07) is 4.10. The van der Waals surface area contributed by atoms with Gasteiger partial charge in [0.2, 0.25) is 0 Å². The number of pyridine rings is 1. The van der Waals surface area contributed by atoms with E-state index < -0.39 is 10.1 Å². The Morgan fingerprint density at radius 2 is 2.21 bits per heavy atom. The Morgan fingerprint density at radius 3 is 2.89 bits per heavy atom. The quantitative estimate of drug-likeness (QED) is 0.665. The van der Waals surface area contributed by atoms with Crippen molar-refractivity contribution in [1.29, 1.82) is 0 Å². The normalized spacial score (nSPS) is 19.5. The average Bonchev–Trinajstić information content (AvgIpc) is 2.39. The van der Waals surface area contributed by atoms with Gasteiger partial charge in [-0.3, -0.25) is 9.54 Å². The molecule has 0 aliphatic heterocycles. The molecule has 0 fully saturated rings. The molecule has 0 saturated carbocycles. The molecule has 5 heteroatoms. The molecule has 19 heavy (non-hydrogen) atoms. The fourth-order valence-corrected chi connectivity index (χ4v) is 2.93. The minimum atomic E-state index is -3.86. The lowest BCUT2D eigenvalue weighted by Crippen LogP contribution is -2.06. The van der Waals surface area contributed by atoms with Gasteiger partial charge in [0.25, 0.3) is 10.1 Å². The summed E-state index contributed by atoms with van der Waals surface area (Å²) >= 11 is 0. The molecule has 1 aliphatic carbocycles. The maximum atomic E-state index is 10.7. The summed E-state index contributed by atoms with van der Waals surface area (Å²) in [5.41, 5.74) is 2.18. The summed E-state index contributed by atoms with van der Waals surface area (Å²) in [6.07, 6.45) is 10.5. The van der Waals surface area contributed by atoms with Gasteiger partial charge in [-0.2, -0.15) is 8.42 Å². The third-order valence-electron chi connectivity index (χ3n) is 3.42. The van der Waals surface area contributed by atoms with Gasteiger partial charge in [-0.25, -0.2) is 0 Å². The smallest absolute Gasteiger partial charge is 0.264 e. The number of rotatable bonds is 5. The average molecular weight is 281 g/mol. The second-order valence-electron chi connectivity index (χ2n) is 4.95. The van der Waals surface area contributed by atoms with E-state index in [9.17, 15) is 8.42 Å². The van der Waals surface area contributed by atoms with Crippen LogP contribution in [0.5, 0.6) is 0 Å². The first kappa shape index (κ1) is 14.2. The Labute approximate surface area is 114 Å². The first-order chi connectivity index (χ1) is 9.04. The fourth-order valence-electron chi connectivity index (χ4n) is 2.42. The first-order valence-corrected chi connectivity index (χ1v) is 8.20. The number of nitrogens with zero attached hydrogens (tertiary/aromatic N) is 1. The Balaban J connectivity index is 1.97. The van der Waals surface area contributed by atoms with Crippen LogP contribution >= 0.6 is 0 Å². The van der Waals surface area contributed by atoms with Crippen molar-refractivity contribution < 1.29 is 13.0 Å². The molecule has 1 aliphatic rings. The summed E-state index contributed by atoms with van der Waals surface area (Å²) in [7, 11) is -3.86. The van der Waals surface area contributed by atoms with Crippen molar-refractivity contribution in [2.24, 2.45) is 0 Å². The highest BCUT2D eigenvalue weighted by Crippen LogP contribution is 2.29. The van der Waals surface area contributed by atoms with Crippen LogP contribution in [0.4, 0.5) is 0 Å². The maximum Gasteiger partial charge on any atom is 0.264 e. The van der Waals surface area contributed by atoms with Crippen LogP contribution in [0.15, 0.2) is 30.5 Å². The van der Waals surface area contributed by atoms with Crippen LogP contribution in [0, 0.1) is 0 Å². The van der Waals surface area contributed by atoms with Crippen LogP contribution < -0.4 is 0 Å². The van der Waals surface area contributed by atoms with Gasteiger partial charge in [0.1, 0.15) is 0 Å². The SMILES string of the molecule is O=S(=O)(O)CCCc1cc(C2CC=CCC2)ccn1. The van der Waals surface area contributed by atoms with Crippen molar-refractivity contribution >= 4 is 10.1 Å². The summed E-state index contributed by atoms with van der Waals surface area (Å²) in [6.45, 7) is 0. The van der Waals surface area contributed by atoms with Gasteiger partial charge in [-0.05, 0) is 55.7 Å². The lowest BCUT2D eigenvalue weighted by Gasteiger charge is -2.18. The molecule has 1 aromatic heterocycles. The van der Waals surface area contributed by atoms with Crippen LogP contribution in [0.25, 0.3) is 0 Å². The van der Waals surface area contributed by atoms with E-state index >= 15 is 0 Å². The zero-order valence-electron chi connectivity index (χ0n) is 10.8. The molecule has 1 atom stereocenters. The van der Waals surface area contributed by atoms with Crippen LogP contribution in [0.2, 0.25) is 0 Å². The monoisotopic (exact) mass is 281 g/mol. The minimum absolute atomic E-state index is 0.203. The molecular formula is C14H19NO3S. The molecule has 0 aromatic carbocycles. The van der Waals surface area contributed by atoms with Crippen molar-refractivity contribution in [3.63, 3.8) is 0 Å². The first-order valence-electron chi connectivity index (χ1n) is 6.59. The van der Waals surface area contributed by atoms with E-state index in [2.05, 4.69) is 23.2 Å². The number of allylic oxidation sites excluding steroid dienone is 2. The highest BCUT2D eigenvalue weighted by molar-refractivity contribution is 7.85. The Morgan fingerprint density at radius 1 is 1.37 bits per heavy atom. The Kier molecular flexibility index (Phi) is 4.71. The van der Waals surface area contributed by atoms with Crippen LogP contribution in [0.3, 0.4) is 0 Å². The maximum absolute atomic E-state index is 10.7. The zero-order chi connectivity index (χ0) is 13.7. The van der Waals surface area contributed by atoms with E-state index in [1.807, 2.05) is 6.07 Å². The number of hydrogen-bond acceptors (Lipinski definition) is 3. The predicted octanol–water partition coefficient (Wildman–Crippen LogP) is 2.73. The van der Waals surface area contributed by atoms with Gasteiger partial charge < -0.3 is 0 Å². The van der Waals surface area contributed by atoms with Crippen LogP contribution in [-0.4, -0.2) is 23.7 Å². The largest absolute Gasteiger partial charge is 0.286 e. The molecule has 4 nitrogen and oxygen atoms in total. The molecule has 104 valence electrons. The van der Waals surface area contributed by atoms with E-state index in [1.165, 1.54) is 5.56 Å². The number of aryl methyl sites for hydroxylation is 1. The van der Waals surface area contributed by atoms with Gasteiger partial charge in [-0.1, -0.05) is 12.2 Å². The van der Waals surface area contributed by atoms with Crippen molar-refractivity contribution in [2.75, 3.05) is 5.75 Å². The predicted molar refractivity (Wildman–Crippen MR) is 74.7 cm³/mol. The molecule has 0 radical (unpaired) electrons. The lowest BCUT2D eigenvalue weighted by molar-refractivity contribution is 0.481. The molecule has 0 spiro atoms. The van der Waals surface area contributed by atoms with Gasteiger partial charge in [0, 0.05) is 11.9 Å². The molecule has 0 bridgehead atoms. The number of hydrogen-bond donors (Lipinski definition) is 1. The second kappa shape index (κ2) is 6.30. The Hall–Kier alpha value is -1.20. The molecule has 1 aromatic rings.